The number of rotatable bonds is 4. The van der Waals surface area contributed by atoms with E-state index in [9.17, 15) is 9.50 Å². The summed E-state index contributed by atoms with van der Waals surface area (Å²) in [5.74, 6) is -0.277. The first-order valence-electron chi connectivity index (χ1n) is 8.17. The zero-order valence-corrected chi connectivity index (χ0v) is 13.0. The molecular weight excluding hydrogens is 283 g/mol. The maximum absolute atomic E-state index is 13.4. The lowest BCUT2D eigenvalue weighted by Crippen LogP contribution is -2.46. The Morgan fingerprint density at radius 1 is 1.05 bits per heavy atom. The first kappa shape index (κ1) is 15.9. The molecule has 0 saturated carbocycles. The maximum Gasteiger partial charge on any atom is 0.123 e. The molecule has 0 bridgehead atoms. The number of nitrogens with zero attached hydrogens (tertiary/aromatic N) is 2. The zero-order chi connectivity index (χ0) is 15.4. The van der Waals surface area contributed by atoms with Gasteiger partial charge in [0.25, 0.3) is 0 Å². The van der Waals surface area contributed by atoms with E-state index in [0.717, 1.165) is 52.5 Å². The van der Waals surface area contributed by atoms with Crippen LogP contribution in [0, 0.1) is 5.82 Å². The molecule has 2 fully saturated rings. The van der Waals surface area contributed by atoms with Gasteiger partial charge in [-0.05, 0) is 30.5 Å². The minimum absolute atomic E-state index is 0.277. The first-order chi connectivity index (χ1) is 10.7. The average Bonchev–Trinajstić information content (AvgIpc) is 2.55. The Labute approximate surface area is 131 Å². The number of halogens is 1. The summed E-state index contributed by atoms with van der Waals surface area (Å²) in [6.45, 7) is 7.50. The first-order valence-corrected chi connectivity index (χ1v) is 8.17. The van der Waals surface area contributed by atoms with Gasteiger partial charge in [0.15, 0.2) is 0 Å². The fourth-order valence-electron chi connectivity index (χ4n) is 3.32. The third-order valence-corrected chi connectivity index (χ3v) is 4.88. The highest BCUT2D eigenvalue weighted by molar-refractivity contribution is 5.24. The molecular formula is C17H25FN2O2. The van der Waals surface area contributed by atoms with Gasteiger partial charge < -0.3 is 14.7 Å². The maximum atomic E-state index is 13.4. The summed E-state index contributed by atoms with van der Waals surface area (Å²) in [7, 11) is 0. The molecule has 4 nitrogen and oxygen atoms in total. The van der Waals surface area contributed by atoms with Crippen molar-refractivity contribution >= 4 is 0 Å². The van der Waals surface area contributed by atoms with Gasteiger partial charge in [-0.1, -0.05) is 12.1 Å². The molecule has 3 rings (SSSR count). The van der Waals surface area contributed by atoms with Crippen LogP contribution in [-0.4, -0.2) is 67.4 Å². The van der Waals surface area contributed by atoms with E-state index in [1.165, 1.54) is 12.1 Å². The van der Waals surface area contributed by atoms with Crippen molar-refractivity contribution in [3.8, 4) is 0 Å². The second-order valence-corrected chi connectivity index (χ2v) is 6.34. The molecule has 0 atom stereocenters. The fourth-order valence-corrected chi connectivity index (χ4v) is 3.32. The number of likely N-dealkylation sites (tertiary alicyclic amines) is 1. The third-order valence-electron chi connectivity index (χ3n) is 4.88. The minimum atomic E-state index is -0.877. The van der Waals surface area contributed by atoms with Crippen molar-refractivity contribution in [1.82, 2.24) is 9.80 Å². The number of aliphatic hydroxyl groups is 1. The van der Waals surface area contributed by atoms with Gasteiger partial charge in [0.2, 0.25) is 0 Å². The summed E-state index contributed by atoms with van der Waals surface area (Å²) < 4.78 is 18.7. The highest BCUT2D eigenvalue weighted by Crippen LogP contribution is 2.32. The Morgan fingerprint density at radius 2 is 1.68 bits per heavy atom. The van der Waals surface area contributed by atoms with Crippen molar-refractivity contribution in [1.29, 1.82) is 0 Å². The molecule has 0 radical (unpaired) electrons. The number of morpholine rings is 1. The molecule has 0 unspecified atom stereocenters. The summed E-state index contributed by atoms with van der Waals surface area (Å²) in [6.07, 6.45) is 1.33. The van der Waals surface area contributed by atoms with Gasteiger partial charge in [0.05, 0.1) is 18.8 Å². The van der Waals surface area contributed by atoms with Gasteiger partial charge >= 0.3 is 0 Å². The smallest absolute Gasteiger partial charge is 0.123 e. The molecule has 0 aliphatic carbocycles. The zero-order valence-electron chi connectivity index (χ0n) is 13.0. The molecule has 2 aliphatic rings. The molecule has 122 valence electrons. The molecule has 0 aromatic heterocycles. The highest BCUT2D eigenvalue weighted by Gasteiger charge is 2.34. The van der Waals surface area contributed by atoms with Crippen molar-refractivity contribution in [2.45, 2.75) is 18.4 Å². The minimum Gasteiger partial charge on any atom is -0.385 e. The Kier molecular flexibility index (Phi) is 5.08. The summed E-state index contributed by atoms with van der Waals surface area (Å²) >= 11 is 0. The van der Waals surface area contributed by atoms with E-state index in [2.05, 4.69) is 9.80 Å². The Balaban J connectivity index is 1.49. The summed E-state index contributed by atoms with van der Waals surface area (Å²) in [4.78, 5) is 4.82. The van der Waals surface area contributed by atoms with Crippen LogP contribution in [0.15, 0.2) is 24.3 Å². The summed E-state index contributed by atoms with van der Waals surface area (Å²) in [6, 6.07) is 6.38. The number of benzene rings is 1. The molecule has 1 aromatic rings. The molecule has 22 heavy (non-hydrogen) atoms. The lowest BCUT2D eigenvalue weighted by atomic mass is 9.84. The van der Waals surface area contributed by atoms with Crippen LogP contribution in [0.4, 0.5) is 4.39 Å². The van der Waals surface area contributed by atoms with Crippen LogP contribution < -0.4 is 0 Å². The van der Waals surface area contributed by atoms with Gasteiger partial charge in [0, 0.05) is 39.3 Å². The molecule has 1 N–H and O–H groups in total. The third kappa shape index (κ3) is 3.84. The number of piperidine rings is 1. The monoisotopic (exact) mass is 308 g/mol. The van der Waals surface area contributed by atoms with Crippen molar-refractivity contribution in [3.63, 3.8) is 0 Å². The Hall–Kier alpha value is -1.01. The Bertz CT molecular complexity index is 483. The second kappa shape index (κ2) is 7.04. The molecule has 0 amide bonds. The molecule has 2 heterocycles. The van der Waals surface area contributed by atoms with Crippen molar-refractivity contribution in [2.24, 2.45) is 0 Å². The predicted molar refractivity (Wildman–Crippen MR) is 83.2 cm³/mol. The quantitative estimate of drug-likeness (QED) is 0.913. The van der Waals surface area contributed by atoms with Gasteiger partial charge in [-0.3, -0.25) is 4.90 Å². The largest absolute Gasteiger partial charge is 0.385 e. The van der Waals surface area contributed by atoms with Crippen molar-refractivity contribution in [2.75, 3.05) is 52.5 Å². The van der Waals surface area contributed by atoms with E-state index >= 15 is 0 Å². The van der Waals surface area contributed by atoms with Crippen LogP contribution in [0.2, 0.25) is 0 Å². The van der Waals surface area contributed by atoms with E-state index in [-0.39, 0.29) is 5.82 Å². The van der Waals surface area contributed by atoms with Crippen LogP contribution in [0.25, 0.3) is 0 Å². The van der Waals surface area contributed by atoms with Gasteiger partial charge in [-0.2, -0.15) is 0 Å². The predicted octanol–water partition coefficient (Wildman–Crippen LogP) is 1.44. The Morgan fingerprint density at radius 3 is 2.32 bits per heavy atom. The lowest BCUT2D eigenvalue weighted by molar-refractivity contribution is -0.0299. The fraction of sp³-hybridized carbons (Fsp3) is 0.647. The highest BCUT2D eigenvalue weighted by atomic mass is 19.1. The van der Waals surface area contributed by atoms with E-state index in [1.54, 1.807) is 6.07 Å². The number of ether oxygens (including phenoxy) is 1. The van der Waals surface area contributed by atoms with E-state index in [0.29, 0.717) is 18.4 Å². The summed E-state index contributed by atoms with van der Waals surface area (Å²) in [5.41, 5.74) is -0.169. The standard InChI is InChI=1S/C17H25FN2O2/c18-16-3-1-2-15(14-16)17(21)4-6-19(7-5-17)8-9-20-10-12-22-13-11-20/h1-3,14,21H,4-13H2. The topological polar surface area (TPSA) is 35.9 Å². The molecule has 1 aromatic carbocycles. The van der Waals surface area contributed by atoms with Crippen molar-refractivity contribution in [3.05, 3.63) is 35.6 Å². The lowest BCUT2D eigenvalue weighted by Gasteiger charge is -2.39. The van der Waals surface area contributed by atoms with Crippen LogP contribution in [0.1, 0.15) is 18.4 Å². The van der Waals surface area contributed by atoms with Crippen LogP contribution in [0.3, 0.4) is 0 Å². The van der Waals surface area contributed by atoms with E-state index < -0.39 is 5.60 Å². The van der Waals surface area contributed by atoms with Gasteiger partial charge in [-0.15, -0.1) is 0 Å². The number of hydrogen-bond acceptors (Lipinski definition) is 4. The molecule has 2 aliphatic heterocycles. The van der Waals surface area contributed by atoms with E-state index in [4.69, 9.17) is 4.74 Å². The van der Waals surface area contributed by atoms with Crippen LogP contribution in [-0.2, 0) is 10.3 Å². The van der Waals surface area contributed by atoms with Crippen molar-refractivity contribution < 1.29 is 14.2 Å². The van der Waals surface area contributed by atoms with Gasteiger partial charge in [0.1, 0.15) is 5.82 Å². The number of hydrogen-bond donors (Lipinski definition) is 1. The van der Waals surface area contributed by atoms with Gasteiger partial charge in [-0.25, -0.2) is 4.39 Å². The molecule has 2 saturated heterocycles. The molecule has 5 heteroatoms. The SMILES string of the molecule is OC1(c2cccc(F)c2)CCN(CCN2CCOCC2)CC1. The van der Waals surface area contributed by atoms with Crippen LogP contribution in [0.5, 0.6) is 0 Å². The summed E-state index contributed by atoms with van der Waals surface area (Å²) in [5, 5.41) is 10.8. The normalized spacial score (nSPS) is 23.5. The second-order valence-electron chi connectivity index (χ2n) is 6.34. The average molecular weight is 308 g/mol. The van der Waals surface area contributed by atoms with E-state index in [1.807, 2.05) is 6.07 Å². The van der Waals surface area contributed by atoms with Crippen LogP contribution >= 0.6 is 0 Å². The molecule has 0 spiro atoms.